The van der Waals surface area contributed by atoms with E-state index >= 15 is 0 Å². The fraction of sp³-hybridized carbons (Fsp3) is 0.500. The number of ether oxygens (including phenoxy) is 2. The predicted octanol–water partition coefficient (Wildman–Crippen LogP) is 1.90. The molecule has 0 saturated carbocycles. The van der Waals surface area contributed by atoms with Crippen LogP contribution in [0.25, 0.3) is 0 Å². The summed E-state index contributed by atoms with van der Waals surface area (Å²) in [6, 6.07) is 3.75. The zero-order valence-electron chi connectivity index (χ0n) is 14.6. The zero-order valence-corrected chi connectivity index (χ0v) is 14.6. The Morgan fingerprint density at radius 1 is 1.20 bits per heavy atom. The molecule has 2 aliphatic heterocycles. The summed E-state index contributed by atoms with van der Waals surface area (Å²) in [5.41, 5.74) is 3.46. The molecular weight excluding hydrogens is 322 g/mol. The second-order valence-electron chi connectivity index (χ2n) is 6.64. The van der Waals surface area contributed by atoms with Gasteiger partial charge in [0.05, 0.1) is 13.2 Å². The van der Waals surface area contributed by atoms with Crippen molar-refractivity contribution in [3.8, 4) is 5.75 Å². The minimum atomic E-state index is -0.513. The normalized spacial score (nSPS) is 22.6. The van der Waals surface area contributed by atoms with Crippen molar-refractivity contribution in [1.82, 2.24) is 15.1 Å². The third kappa shape index (κ3) is 2.89. The van der Waals surface area contributed by atoms with Gasteiger partial charge >= 0.3 is 0 Å². The smallest absolute Gasteiger partial charge is 0.264 e. The van der Waals surface area contributed by atoms with Crippen LogP contribution in [0.1, 0.15) is 34.5 Å². The van der Waals surface area contributed by atoms with Gasteiger partial charge in [-0.25, -0.2) is 0 Å². The molecular formula is C18H21N3O4. The first kappa shape index (κ1) is 16.1. The van der Waals surface area contributed by atoms with Crippen LogP contribution in [-0.2, 0) is 16.0 Å². The Balaban J connectivity index is 1.55. The number of nitrogens with zero attached hydrogens (tertiary/aromatic N) is 3. The van der Waals surface area contributed by atoms with E-state index in [1.54, 1.807) is 11.8 Å². The molecule has 4 rings (SSSR count). The molecule has 2 atom stereocenters. The van der Waals surface area contributed by atoms with Crippen molar-refractivity contribution >= 4 is 5.91 Å². The van der Waals surface area contributed by atoms with E-state index in [-0.39, 0.29) is 11.9 Å². The van der Waals surface area contributed by atoms with E-state index in [2.05, 4.69) is 23.2 Å². The van der Waals surface area contributed by atoms with Gasteiger partial charge in [-0.15, -0.1) is 10.2 Å². The number of aromatic nitrogens is 2. The van der Waals surface area contributed by atoms with Crippen molar-refractivity contribution in [2.75, 3.05) is 19.8 Å². The van der Waals surface area contributed by atoms with Gasteiger partial charge in [0.25, 0.3) is 5.91 Å². The number of carbonyl (C=O) groups is 1. The van der Waals surface area contributed by atoms with Gasteiger partial charge < -0.3 is 18.8 Å². The molecule has 0 aliphatic carbocycles. The maximum absolute atomic E-state index is 13.1. The number of amides is 1. The van der Waals surface area contributed by atoms with Crippen LogP contribution in [0, 0.1) is 20.8 Å². The SMILES string of the molecule is Cc1nnc([C@@H]2COCCN2C(=O)[C@H]2Cc3cc(C)c(C)cc3O2)o1. The number of rotatable bonds is 2. The molecule has 25 heavy (non-hydrogen) atoms. The van der Waals surface area contributed by atoms with Crippen molar-refractivity contribution in [2.45, 2.75) is 39.3 Å². The highest BCUT2D eigenvalue weighted by Gasteiger charge is 2.39. The van der Waals surface area contributed by atoms with E-state index < -0.39 is 6.10 Å². The minimum absolute atomic E-state index is 0.0596. The largest absolute Gasteiger partial charge is 0.480 e. The van der Waals surface area contributed by atoms with Crippen LogP contribution in [0.4, 0.5) is 0 Å². The van der Waals surface area contributed by atoms with Crippen molar-refractivity contribution in [1.29, 1.82) is 0 Å². The lowest BCUT2D eigenvalue weighted by Gasteiger charge is -2.34. The molecule has 1 aromatic heterocycles. The average molecular weight is 343 g/mol. The monoisotopic (exact) mass is 343 g/mol. The Bertz CT molecular complexity index is 786. The van der Waals surface area contributed by atoms with Crippen molar-refractivity contribution < 1.29 is 18.7 Å². The highest BCUT2D eigenvalue weighted by molar-refractivity contribution is 5.83. The van der Waals surface area contributed by atoms with Gasteiger partial charge in [-0.05, 0) is 36.6 Å². The van der Waals surface area contributed by atoms with Crippen LogP contribution in [0.15, 0.2) is 16.5 Å². The van der Waals surface area contributed by atoms with Gasteiger partial charge in [-0.2, -0.15) is 0 Å². The fourth-order valence-electron chi connectivity index (χ4n) is 3.35. The Morgan fingerprint density at radius 2 is 2.00 bits per heavy atom. The Kier molecular flexibility index (Phi) is 3.95. The molecule has 2 aromatic rings. The van der Waals surface area contributed by atoms with Crippen molar-refractivity contribution in [3.63, 3.8) is 0 Å². The molecule has 0 bridgehead atoms. The topological polar surface area (TPSA) is 77.7 Å². The second-order valence-corrected chi connectivity index (χ2v) is 6.64. The summed E-state index contributed by atoms with van der Waals surface area (Å²) in [7, 11) is 0. The summed E-state index contributed by atoms with van der Waals surface area (Å²) in [5.74, 6) is 1.63. The van der Waals surface area contributed by atoms with Crippen LogP contribution in [0.5, 0.6) is 5.75 Å². The first-order valence-corrected chi connectivity index (χ1v) is 8.48. The Labute approximate surface area is 145 Å². The van der Waals surface area contributed by atoms with Gasteiger partial charge in [0, 0.05) is 19.9 Å². The summed E-state index contributed by atoms with van der Waals surface area (Å²) in [5, 5.41) is 7.92. The lowest BCUT2D eigenvalue weighted by molar-refractivity contribution is -0.148. The van der Waals surface area contributed by atoms with E-state index in [1.807, 2.05) is 13.0 Å². The third-order valence-corrected chi connectivity index (χ3v) is 4.87. The molecule has 0 spiro atoms. The van der Waals surface area contributed by atoms with Gasteiger partial charge in [0.15, 0.2) is 6.10 Å². The first-order chi connectivity index (χ1) is 12.0. The fourth-order valence-corrected chi connectivity index (χ4v) is 3.35. The van der Waals surface area contributed by atoms with Crippen LogP contribution >= 0.6 is 0 Å². The summed E-state index contributed by atoms with van der Waals surface area (Å²) < 4.78 is 17.0. The van der Waals surface area contributed by atoms with Crippen LogP contribution in [-0.4, -0.2) is 46.9 Å². The van der Waals surface area contributed by atoms with Crippen LogP contribution in [0.2, 0.25) is 0 Å². The Morgan fingerprint density at radius 3 is 2.76 bits per heavy atom. The van der Waals surface area contributed by atoms with E-state index in [1.165, 1.54) is 5.56 Å². The second kappa shape index (κ2) is 6.15. The average Bonchev–Trinajstić information content (AvgIpc) is 3.21. The third-order valence-electron chi connectivity index (χ3n) is 4.87. The van der Waals surface area contributed by atoms with Crippen molar-refractivity contribution in [2.24, 2.45) is 0 Å². The molecule has 0 radical (unpaired) electrons. The maximum Gasteiger partial charge on any atom is 0.264 e. The number of hydrogen-bond acceptors (Lipinski definition) is 6. The standard InChI is InChI=1S/C18H21N3O4/c1-10-6-13-8-16(25-15(13)7-11(10)2)18(22)21-4-5-23-9-14(21)17-20-19-12(3)24-17/h6-7,14,16H,4-5,8-9H2,1-3H3/t14-,16+/m0/s1. The molecule has 2 aliphatic rings. The number of fused-ring (bicyclic) bond motifs is 1. The molecule has 3 heterocycles. The first-order valence-electron chi connectivity index (χ1n) is 8.48. The molecule has 0 unspecified atom stereocenters. The molecule has 0 N–H and O–H groups in total. The molecule has 1 saturated heterocycles. The summed E-state index contributed by atoms with van der Waals surface area (Å²) in [4.78, 5) is 14.8. The summed E-state index contributed by atoms with van der Waals surface area (Å²) in [6.07, 6.45) is 0.0724. The lowest BCUT2D eigenvalue weighted by atomic mass is 10.0. The van der Waals surface area contributed by atoms with Gasteiger partial charge in [-0.3, -0.25) is 4.79 Å². The molecule has 1 amide bonds. The molecule has 1 aromatic carbocycles. The van der Waals surface area contributed by atoms with Gasteiger partial charge in [-0.1, -0.05) is 6.07 Å². The van der Waals surface area contributed by atoms with Crippen LogP contribution in [0.3, 0.4) is 0 Å². The maximum atomic E-state index is 13.1. The number of aryl methyl sites for hydroxylation is 3. The lowest BCUT2D eigenvalue weighted by Crippen LogP contribution is -2.49. The highest BCUT2D eigenvalue weighted by Crippen LogP contribution is 2.33. The van der Waals surface area contributed by atoms with Gasteiger partial charge in [0.2, 0.25) is 11.8 Å². The van der Waals surface area contributed by atoms with E-state index in [4.69, 9.17) is 13.9 Å². The molecule has 1 fully saturated rings. The zero-order chi connectivity index (χ0) is 17.6. The van der Waals surface area contributed by atoms with E-state index in [0.717, 1.165) is 16.9 Å². The summed E-state index contributed by atoms with van der Waals surface area (Å²) >= 11 is 0. The van der Waals surface area contributed by atoms with Crippen molar-refractivity contribution in [3.05, 3.63) is 40.6 Å². The quantitative estimate of drug-likeness (QED) is 0.829. The number of morpholine rings is 1. The van der Waals surface area contributed by atoms with E-state index in [9.17, 15) is 4.79 Å². The number of hydrogen-bond donors (Lipinski definition) is 0. The minimum Gasteiger partial charge on any atom is -0.480 e. The molecule has 7 heteroatoms. The number of benzene rings is 1. The van der Waals surface area contributed by atoms with Gasteiger partial charge in [0.1, 0.15) is 11.8 Å². The molecule has 7 nitrogen and oxygen atoms in total. The van der Waals surface area contributed by atoms with E-state index in [0.29, 0.717) is 38.0 Å². The number of carbonyl (C=O) groups excluding carboxylic acids is 1. The van der Waals surface area contributed by atoms with Crippen LogP contribution < -0.4 is 4.74 Å². The molecule has 132 valence electrons. The highest BCUT2D eigenvalue weighted by atomic mass is 16.5. The predicted molar refractivity (Wildman–Crippen MR) is 88.3 cm³/mol. The summed E-state index contributed by atoms with van der Waals surface area (Å²) in [6.45, 7) is 7.18. The Hall–Kier alpha value is -2.41.